The highest BCUT2D eigenvalue weighted by Gasteiger charge is 2.40. The minimum absolute atomic E-state index is 0.0823. The molecule has 0 unspecified atom stereocenters. The molecule has 37 heavy (non-hydrogen) atoms. The summed E-state index contributed by atoms with van der Waals surface area (Å²) in [6.45, 7) is 3.41. The van der Waals surface area contributed by atoms with E-state index in [-0.39, 0.29) is 12.1 Å². The van der Waals surface area contributed by atoms with Gasteiger partial charge in [-0.05, 0) is 49.7 Å². The molecule has 4 aromatic rings. The number of aromatic nitrogens is 2. The summed E-state index contributed by atoms with van der Waals surface area (Å²) in [5.41, 5.74) is 3.16. The van der Waals surface area contributed by atoms with E-state index in [0.717, 1.165) is 47.1 Å². The number of hydrogen-bond acceptors (Lipinski definition) is 5. The van der Waals surface area contributed by atoms with Crippen LogP contribution in [-0.2, 0) is 6.18 Å². The summed E-state index contributed by atoms with van der Waals surface area (Å²) in [6, 6.07) is 15.7. The number of nitrogens with one attached hydrogen (secondary N) is 1. The second-order valence-electron chi connectivity index (χ2n) is 9.14. The van der Waals surface area contributed by atoms with Crippen molar-refractivity contribution in [2.24, 2.45) is 0 Å². The van der Waals surface area contributed by atoms with Gasteiger partial charge in [-0.25, -0.2) is 14.8 Å². The number of halogens is 3. The Morgan fingerprint density at radius 3 is 2.57 bits per heavy atom. The molecule has 6 rings (SSSR count). The summed E-state index contributed by atoms with van der Waals surface area (Å²) in [6.07, 6.45) is -3.67. The maximum atomic E-state index is 13.6. The van der Waals surface area contributed by atoms with E-state index in [1.165, 1.54) is 6.07 Å². The fourth-order valence-corrected chi connectivity index (χ4v) is 5.55. The lowest BCUT2D eigenvalue weighted by molar-refractivity contribution is -0.137. The van der Waals surface area contributed by atoms with Gasteiger partial charge in [0.2, 0.25) is 0 Å². The molecule has 2 bridgehead atoms. The van der Waals surface area contributed by atoms with Crippen LogP contribution in [0.25, 0.3) is 22.5 Å². The van der Waals surface area contributed by atoms with Gasteiger partial charge in [0.05, 0.1) is 33.7 Å². The fraction of sp³-hybridized carbons (Fsp3) is 0.222. The molecule has 1 atom stereocenters. The number of carbonyl (C=O) groups is 1. The number of benzene rings is 2. The van der Waals surface area contributed by atoms with Crippen molar-refractivity contribution in [2.45, 2.75) is 25.6 Å². The van der Waals surface area contributed by atoms with Crippen molar-refractivity contribution in [3.8, 4) is 22.5 Å². The second-order valence-corrected chi connectivity index (χ2v) is 10.2. The molecule has 2 aliphatic rings. The van der Waals surface area contributed by atoms with Crippen molar-refractivity contribution in [3.63, 3.8) is 0 Å². The van der Waals surface area contributed by atoms with Crippen molar-refractivity contribution < 1.29 is 18.0 Å². The van der Waals surface area contributed by atoms with Gasteiger partial charge in [0.1, 0.15) is 0 Å². The number of carbonyl (C=O) groups excluding carboxylic acids is 1. The number of rotatable bonds is 3. The van der Waals surface area contributed by atoms with E-state index in [1.54, 1.807) is 28.4 Å². The van der Waals surface area contributed by atoms with Gasteiger partial charge in [-0.3, -0.25) is 4.90 Å². The van der Waals surface area contributed by atoms with E-state index >= 15 is 0 Å². The number of aryl methyl sites for hydroxylation is 1. The van der Waals surface area contributed by atoms with E-state index in [1.807, 2.05) is 42.6 Å². The predicted octanol–water partition coefficient (Wildman–Crippen LogP) is 6.83. The first-order chi connectivity index (χ1) is 17.8. The Hall–Kier alpha value is -3.92. The lowest BCUT2D eigenvalue weighted by Crippen LogP contribution is -2.48. The molecular weight excluding hydrogens is 499 g/mol. The number of alkyl halides is 3. The molecule has 2 aromatic carbocycles. The normalized spacial score (nSPS) is 16.6. The number of amides is 2. The monoisotopic (exact) mass is 521 g/mol. The summed E-state index contributed by atoms with van der Waals surface area (Å²) in [4.78, 5) is 26.6. The number of nitrogens with zero attached hydrogens (tertiary/aromatic N) is 4. The third kappa shape index (κ3) is 4.42. The SMILES string of the molecule is Cc1nc(-c2cccc(NC(=O)N3c4nc(-c5cccc(C(F)(F)F)c5)ccc4N4CC[C@H]3C4)c2)cs1. The van der Waals surface area contributed by atoms with Gasteiger partial charge in [0, 0.05) is 35.3 Å². The van der Waals surface area contributed by atoms with E-state index in [2.05, 4.69) is 15.2 Å². The molecule has 0 spiro atoms. The summed E-state index contributed by atoms with van der Waals surface area (Å²) in [7, 11) is 0. The third-order valence-corrected chi connectivity index (χ3v) is 7.46. The molecule has 1 fully saturated rings. The topological polar surface area (TPSA) is 61.4 Å². The lowest BCUT2D eigenvalue weighted by atomic mass is 10.1. The number of pyridine rings is 1. The quantitative estimate of drug-likeness (QED) is 0.321. The molecule has 0 radical (unpaired) electrons. The highest BCUT2D eigenvalue weighted by Crippen LogP contribution is 2.41. The summed E-state index contributed by atoms with van der Waals surface area (Å²) in [5.74, 6) is 0.451. The van der Waals surface area contributed by atoms with E-state index in [4.69, 9.17) is 4.98 Å². The van der Waals surface area contributed by atoms with Gasteiger partial charge in [0.15, 0.2) is 5.82 Å². The van der Waals surface area contributed by atoms with Gasteiger partial charge in [-0.1, -0.05) is 24.3 Å². The van der Waals surface area contributed by atoms with Crippen LogP contribution < -0.4 is 15.1 Å². The summed E-state index contributed by atoms with van der Waals surface area (Å²) < 4.78 is 39.9. The van der Waals surface area contributed by atoms with E-state index in [0.29, 0.717) is 29.3 Å². The van der Waals surface area contributed by atoms with Crippen molar-refractivity contribution in [1.82, 2.24) is 9.97 Å². The molecular formula is C27H22F3N5OS. The molecule has 2 aromatic heterocycles. The number of fused-ring (bicyclic) bond motifs is 4. The first-order valence-electron chi connectivity index (χ1n) is 11.8. The van der Waals surface area contributed by atoms with Crippen LogP contribution in [0.4, 0.5) is 35.2 Å². The van der Waals surface area contributed by atoms with Gasteiger partial charge >= 0.3 is 12.2 Å². The number of urea groups is 1. The Labute approximate surface area is 215 Å². The van der Waals surface area contributed by atoms with Crippen molar-refractivity contribution in [1.29, 1.82) is 0 Å². The molecule has 1 N–H and O–H groups in total. The van der Waals surface area contributed by atoms with Gasteiger partial charge in [-0.2, -0.15) is 13.2 Å². The Balaban J connectivity index is 1.33. The average Bonchev–Trinajstić information content (AvgIpc) is 3.51. The smallest absolute Gasteiger partial charge is 0.366 e. The average molecular weight is 522 g/mol. The molecule has 4 heterocycles. The predicted molar refractivity (Wildman–Crippen MR) is 139 cm³/mol. The van der Waals surface area contributed by atoms with Crippen LogP contribution in [-0.4, -0.2) is 35.1 Å². The highest BCUT2D eigenvalue weighted by molar-refractivity contribution is 7.09. The van der Waals surface area contributed by atoms with Crippen LogP contribution >= 0.6 is 11.3 Å². The van der Waals surface area contributed by atoms with E-state index in [9.17, 15) is 18.0 Å². The van der Waals surface area contributed by atoms with Gasteiger partial charge in [-0.15, -0.1) is 11.3 Å². The van der Waals surface area contributed by atoms with Crippen molar-refractivity contribution in [3.05, 3.63) is 76.6 Å². The molecule has 2 aliphatic heterocycles. The Kier molecular flexibility index (Phi) is 5.63. The van der Waals surface area contributed by atoms with Gasteiger partial charge in [0.25, 0.3) is 0 Å². The molecule has 0 aliphatic carbocycles. The lowest BCUT2D eigenvalue weighted by Gasteiger charge is -2.36. The first kappa shape index (κ1) is 23.5. The maximum absolute atomic E-state index is 13.6. The Bertz CT molecular complexity index is 1500. The van der Waals surface area contributed by atoms with Crippen LogP contribution in [0.5, 0.6) is 0 Å². The van der Waals surface area contributed by atoms with Crippen LogP contribution in [0.15, 0.2) is 66.0 Å². The Morgan fingerprint density at radius 1 is 1.03 bits per heavy atom. The molecule has 188 valence electrons. The number of hydrogen-bond donors (Lipinski definition) is 1. The second kappa shape index (κ2) is 8.88. The standard InChI is InChI=1S/C27H22F3N5OS/c1-16-31-23(15-37-16)18-5-3-7-20(13-18)32-26(36)35-21-10-11-34(14-21)24-9-8-22(33-25(24)35)17-4-2-6-19(12-17)27(28,29)30/h2-9,12-13,15,21H,10-11,14H2,1H3,(H,32,36)/t21-/m0/s1. The van der Waals surface area contributed by atoms with Crippen LogP contribution in [0.3, 0.4) is 0 Å². The van der Waals surface area contributed by atoms with Crippen molar-refractivity contribution >= 4 is 34.6 Å². The minimum Gasteiger partial charge on any atom is -0.366 e. The zero-order valence-corrected chi connectivity index (χ0v) is 20.6. The Morgan fingerprint density at radius 2 is 1.81 bits per heavy atom. The fourth-order valence-electron chi connectivity index (χ4n) is 4.92. The zero-order valence-electron chi connectivity index (χ0n) is 19.8. The first-order valence-corrected chi connectivity index (χ1v) is 12.7. The van der Waals surface area contributed by atoms with Crippen LogP contribution in [0.2, 0.25) is 0 Å². The van der Waals surface area contributed by atoms with E-state index < -0.39 is 11.7 Å². The molecule has 1 saturated heterocycles. The van der Waals surface area contributed by atoms with Crippen LogP contribution in [0, 0.1) is 6.92 Å². The largest absolute Gasteiger partial charge is 0.416 e. The number of anilines is 3. The summed E-state index contributed by atoms with van der Waals surface area (Å²) >= 11 is 1.56. The van der Waals surface area contributed by atoms with Crippen molar-refractivity contribution in [2.75, 3.05) is 28.2 Å². The minimum atomic E-state index is -4.45. The molecule has 10 heteroatoms. The third-order valence-electron chi connectivity index (χ3n) is 6.69. The zero-order chi connectivity index (χ0) is 25.7. The molecule has 2 amide bonds. The highest BCUT2D eigenvalue weighted by atomic mass is 32.1. The summed E-state index contributed by atoms with van der Waals surface area (Å²) in [5, 5.41) is 5.93. The molecule has 0 saturated carbocycles. The number of thiazole rings is 1. The molecule has 6 nitrogen and oxygen atoms in total. The van der Waals surface area contributed by atoms with Crippen LogP contribution in [0.1, 0.15) is 17.0 Å². The maximum Gasteiger partial charge on any atom is 0.416 e. The van der Waals surface area contributed by atoms with Gasteiger partial charge < -0.3 is 10.2 Å².